The van der Waals surface area contributed by atoms with Crippen LogP contribution in [0.4, 0.5) is 0 Å². The van der Waals surface area contributed by atoms with Crippen LogP contribution >= 0.6 is 0 Å². The molecule has 0 saturated heterocycles. The Morgan fingerprint density at radius 3 is 2.53 bits per heavy atom. The van der Waals surface area contributed by atoms with Gasteiger partial charge in [0.25, 0.3) is 0 Å². The molecule has 90 valence electrons. The molecule has 0 aliphatic heterocycles. The first-order chi connectivity index (χ1) is 7.27. The lowest BCUT2D eigenvalue weighted by atomic mass is 9.91. The van der Waals surface area contributed by atoms with Gasteiger partial charge in [-0.1, -0.05) is 19.8 Å². The van der Waals surface area contributed by atoms with Gasteiger partial charge in [-0.05, 0) is 58.2 Å². The predicted octanol–water partition coefficient (Wildman–Crippen LogP) is 2.63. The summed E-state index contributed by atoms with van der Waals surface area (Å²) in [6, 6.07) is 0.902. The van der Waals surface area contributed by atoms with Gasteiger partial charge in [0.05, 0.1) is 0 Å². The number of rotatable bonds is 8. The zero-order chi connectivity index (χ0) is 11.1. The van der Waals surface area contributed by atoms with Crippen molar-refractivity contribution >= 4 is 0 Å². The maximum atomic E-state index is 5.60. The summed E-state index contributed by atoms with van der Waals surface area (Å²) in [6.07, 6.45) is 9.52. The topological polar surface area (TPSA) is 29.3 Å². The summed E-state index contributed by atoms with van der Waals surface area (Å²) in [5.41, 5.74) is 5.60. The minimum Gasteiger partial charge on any atom is -0.330 e. The SMILES string of the molecule is CCC(CCN)CCCN(C)C1CCC1. The second kappa shape index (κ2) is 7.24. The zero-order valence-corrected chi connectivity index (χ0v) is 10.5. The third-order valence-electron chi connectivity index (χ3n) is 3.97. The molecule has 2 N–H and O–H groups in total. The van der Waals surface area contributed by atoms with E-state index in [4.69, 9.17) is 5.73 Å². The molecule has 1 rings (SSSR count). The van der Waals surface area contributed by atoms with Crippen LogP contribution in [0.1, 0.15) is 51.9 Å². The molecule has 1 atom stereocenters. The van der Waals surface area contributed by atoms with E-state index in [2.05, 4.69) is 18.9 Å². The molecule has 0 aromatic rings. The van der Waals surface area contributed by atoms with E-state index in [1.54, 1.807) is 0 Å². The third-order valence-corrected chi connectivity index (χ3v) is 3.97. The Balaban J connectivity index is 2.02. The van der Waals surface area contributed by atoms with Gasteiger partial charge < -0.3 is 10.6 Å². The maximum absolute atomic E-state index is 5.60. The Hall–Kier alpha value is -0.0800. The first-order valence-corrected chi connectivity index (χ1v) is 6.68. The molecule has 0 aromatic heterocycles. The standard InChI is InChI=1S/C13H28N2/c1-3-12(9-10-14)6-5-11-15(2)13-7-4-8-13/h12-13H,3-11,14H2,1-2H3. The van der Waals surface area contributed by atoms with E-state index in [-0.39, 0.29) is 0 Å². The van der Waals surface area contributed by atoms with E-state index in [0.29, 0.717) is 0 Å². The van der Waals surface area contributed by atoms with E-state index < -0.39 is 0 Å². The van der Waals surface area contributed by atoms with Gasteiger partial charge in [0.2, 0.25) is 0 Å². The van der Waals surface area contributed by atoms with Crippen LogP contribution in [-0.4, -0.2) is 31.1 Å². The molecule has 0 bridgehead atoms. The van der Waals surface area contributed by atoms with Gasteiger partial charge in [-0.2, -0.15) is 0 Å². The van der Waals surface area contributed by atoms with Crippen LogP contribution in [0.25, 0.3) is 0 Å². The van der Waals surface area contributed by atoms with Gasteiger partial charge >= 0.3 is 0 Å². The van der Waals surface area contributed by atoms with Crippen molar-refractivity contribution in [3.05, 3.63) is 0 Å². The minimum absolute atomic E-state index is 0.858. The first-order valence-electron chi connectivity index (χ1n) is 6.68. The molecule has 0 spiro atoms. The Morgan fingerprint density at radius 1 is 1.33 bits per heavy atom. The van der Waals surface area contributed by atoms with Crippen LogP contribution in [0.5, 0.6) is 0 Å². The molecule has 1 aliphatic carbocycles. The van der Waals surface area contributed by atoms with Crippen molar-refractivity contribution in [1.29, 1.82) is 0 Å². The summed E-state index contributed by atoms with van der Waals surface area (Å²) in [4.78, 5) is 2.55. The molecular weight excluding hydrogens is 184 g/mol. The molecule has 0 radical (unpaired) electrons. The van der Waals surface area contributed by atoms with E-state index in [9.17, 15) is 0 Å². The van der Waals surface area contributed by atoms with Crippen molar-refractivity contribution in [2.24, 2.45) is 11.7 Å². The molecular formula is C13H28N2. The van der Waals surface area contributed by atoms with Gasteiger partial charge in [-0.15, -0.1) is 0 Å². The second-order valence-corrected chi connectivity index (χ2v) is 5.06. The quantitative estimate of drug-likeness (QED) is 0.670. The molecule has 15 heavy (non-hydrogen) atoms. The average molecular weight is 212 g/mol. The van der Waals surface area contributed by atoms with Gasteiger partial charge in [-0.3, -0.25) is 0 Å². The highest BCUT2D eigenvalue weighted by Crippen LogP contribution is 2.24. The van der Waals surface area contributed by atoms with Crippen LogP contribution in [0, 0.1) is 5.92 Å². The van der Waals surface area contributed by atoms with Gasteiger partial charge in [0, 0.05) is 6.04 Å². The minimum atomic E-state index is 0.858. The molecule has 1 saturated carbocycles. The van der Waals surface area contributed by atoms with E-state index in [1.807, 2.05) is 0 Å². The monoisotopic (exact) mass is 212 g/mol. The van der Waals surface area contributed by atoms with Crippen molar-refractivity contribution in [1.82, 2.24) is 4.90 Å². The summed E-state index contributed by atoms with van der Waals surface area (Å²) in [5.74, 6) is 0.866. The largest absolute Gasteiger partial charge is 0.330 e. The number of hydrogen-bond donors (Lipinski definition) is 1. The predicted molar refractivity (Wildman–Crippen MR) is 67.0 cm³/mol. The zero-order valence-electron chi connectivity index (χ0n) is 10.5. The van der Waals surface area contributed by atoms with Gasteiger partial charge in [0.1, 0.15) is 0 Å². The van der Waals surface area contributed by atoms with E-state index in [0.717, 1.165) is 18.5 Å². The molecule has 0 heterocycles. The van der Waals surface area contributed by atoms with E-state index >= 15 is 0 Å². The maximum Gasteiger partial charge on any atom is 0.00922 e. The fraction of sp³-hybridized carbons (Fsp3) is 1.00. The first kappa shape index (κ1) is 13.0. The molecule has 2 nitrogen and oxygen atoms in total. The highest BCUT2D eigenvalue weighted by molar-refractivity contribution is 4.77. The second-order valence-electron chi connectivity index (χ2n) is 5.06. The summed E-state index contributed by atoms with van der Waals surface area (Å²) in [7, 11) is 2.29. The Kier molecular flexibility index (Phi) is 6.26. The lowest BCUT2D eigenvalue weighted by molar-refractivity contribution is 0.154. The smallest absolute Gasteiger partial charge is 0.00922 e. The van der Waals surface area contributed by atoms with Gasteiger partial charge in [0.15, 0.2) is 0 Å². The van der Waals surface area contributed by atoms with Crippen molar-refractivity contribution in [2.75, 3.05) is 20.1 Å². The molecule has 2 heteroatoms. The summed E-state index contributed by atoms with van der Waals surface area (Å²) in [5, 5.41) is 0. The number of nitrogens with two attached hydrogens (primary N) is 1. The van der Waals surface area contributed by atoms with Gasteiger partial charge in [-0.25, -0.2) is 0 Å². The Labute approximate surface area is 95.2 Å². The molecule has 1 unspecified atom stereocenters. The van der Waals surface area contributed by atoms with Crippen molar-refractivity contribution in [3.8, 4) is 0 Å². The van der Waals surface area contributed by atoms with Crippen molar-refractivity contribution < 1.29 is 0 Å². The molecule has 1 fully saturated rings. The lowest BCUT2D eigenvalue weighted by Crippen LogP contribution is -2.37. The van der Waals surface area contributed by atoms with Crippen LogP contribution in [-0.2, 0) is 0 Å². The highest BCUT2D eigenvalue weighted by atomic mass is 15.1. The summed E-state index contributed by atoms with van der Waals surface area (Å²) < 4.78 is 0. The fourth-order valence-corrected chi connectivity index (χ4v) is 2.43. The number of nitrogens with zero attached hydrogens (tertiary/aromatic N) is 1. The normalized spacial score (nSPS) is 19.2. The third kappa shape index (κ3) is 4.52. The van der Waals surface area contributed by atoms with Crippen molar-refractivity contribution in [2.45, 2.75) is 57.9 Å². The Bertz CT molecular complexity index is 153. The average Bonchev–Trinajstić information content (AvgIpc) is 2.13. The molecule has 1 aliphatic rings. The lowest BCUT2D eigenvalue weighted by Gasteiger charge is -2.35. The molecule has 0 aromatic carbocycles. The molecule has 0 amide bonds. The number of hydrogen-bond acceptors (Lipinski definition) is 2. The highest BCUT2D eigenvalue weighted by Gasteiger charge is 2.21. The van der Waals surface area contributed by atoms with Crippen LogP contribution < -0.4 is 5.73 Å². The van der Waals surface area contributed by atoms with Crippen LogP contribution in [0.2, 0.25) is 0 Å². The Morgan fingerprint density at radius 2 is 2.07 bits per heavy atom. The van der Waals surface area contributed by atoms with Crippen LogP contribution in [0.3, 0.4) is 0 Å². The van der Waals surface area contributed by atoms with E-state index in [1.165, 1.54) is 51.5 Å². The summed E-state index contributed by atoms with van der Waals surface area (Å²) in [6.45, 7) is 4.43. The van der Waals surface area contributed by atoms with Crippen LogP contribution in [0.15, 0.2) is 0 Å². The van der Waals surface area contributed by atoms with Crippen molar-refractivity contribution in [3.63, 3.8) is 0 Å². The summed E-state index contributed by atoms with van der Waals surface area (Å²) >= 11 is 0. The fourth-order valence-electron chi connectivity index (χ4n) is 2.43.